The van der Waals surface area contributed by atoms with Gasteiger partial charge in [-0.05, 0) is 24.8 Å². The Balaban J connectivity index is 1.26. The van der Waals surface area contributed by atoms with Crippen LogP contribution >= 0.6 is 0 Å². The van der Waals surface area contributed by atoms with E-state index in [1.54, 1.807) is 17.9 Å². The van der Waals surface area contributed by atoms with Crippen LogP contribution in [-0.2, 0) is 13.6 Å². The van der Waals surface area contributed by atoms with Gasteiger partial charge in [-0.1, -0.05) is 43.2 Å². The molecule has 2 aliphatic heterocycles. The van der Waals surface area contributed by atoms with Gasteiger partial charge in [-0.3, -0.25) is 14.0 Å². The van der Waals surface area contributed by atoms with Crippen LogP contribution < -0.4 is 10.9 Å². The predicted octanol–water partition coefficient (Wildman–Crippen LogP) is 1.89. The number of aliphatic hydroxyl groups is 1. The first-order valence-electron chi connectivity index (χ1n) is 13.3. The molecule has 2 aromatic heterocycles. The number of nitrogens with zero attached hydrogens (tertiary/aromatic N) is 6. The first-order chi connectivity index (χ1) is 17.9. The Kier molecular flexibility index (Phi) is 6.03. The standard InChI is InChI=1S/C27H35N7O3/c1-31-16-21-23(30-31)24(35)33(19-29-21)18-27(37)11-13-32(17-26(27)9-5-6-10-26)25(36)34-14-12-28-15-22(34)20-7-3-2-4-8-20/h2-4,7-8,16,19,22,28,37H,5-6,9-15,17-18H2,1H3/t22-,27?/m0/s1. The van der Waals surface area contributed by atoms with Gasteiger partial charge >= 0.3 is 6.03 Å². The fourth-order valence-corrected chi connectivity index (χ4v) is 6.79. The summed E-state index contributed by atoms with van der Waals surface area (Å²) < 4.78 is 3.09. The Morgan fingerprint density at radius 1 is 1.16 bits per heavy atom. The molecule has 10 nitrogen and oxygen atoms in total. The van der Waals surface area contributed by atoms with Crippen molar-refractivity contribution in [3.8, 4) is 0 Å². The third-order valence-corrected chi connectivity index (χ3v) is 8.82. The van der Waals surface area contributed by atoms with Gasteiger partial charge in [0, 0.05) is 45.2 Å². The summed E-state index contributed by atoms with van der Waals surface area (Å²) in [5, 5.41) is 19.8. The second-order valence-electron chi connectivity index (χ2n) is 11.0. The predicted molar refractivity (Wildman–Crippen MR) is 139 cm³/mol. The van der Waals surface area contributed by atoms with E-state index in [0.717, 1.165) is 44.3 Å². The van der Waals surface area contributed by atoms with Crippen molar-refractivity contribution in [1.82, 2.24) is 34.4 Å². The lowest BCUT2D eigenvalue weighted by atomic mass is 9.66. The van der Waals surface area contributed by atoms with Crippen LogP contribution in [0.25, 0.3) is 11.0 Å². The van der Waals surface area contributed by atoms with Crippen LogP contribution in [0, 0.1) is 5.41 Å². The van der Waals surface area contributed by atoms with E-state index < -0.39 is 11.0 Å². The van der Waals surface area contributed by atoms with Crippen molar-refractivity contribution >= 4 is 17.1 Å². The maximum atomic E-state index is 13.9. The molecule has 1 unspecified atom stereocenters. The zero-order valence-electron chi connectivity index (χ0n) is 21.3. The number of benzene rings is 1. The quantitative estimate of drug-likeness (QED) is 0.563. The topological polar surface area (TPSA) is 109 Å². The zero-order chi connectivity index (χ0) is 25.6. The molecule has 1 aromatic carbocycles. The minimum Gasteiger partial charge on any atom is -0.387 e. The summed E-state index contributed by atoms with van der Waals surface area (Å²) in [5.41, 5.74) is 0.205. The van der Waals surface area contributed by atoms with Crippen LogP contribution in [0.2, 0.25) is 0 Å². The number of nitrogens with one attached hydrogen (secondary N) is 1. The fourth-order valence-electron chi connectivity index (χ4n) is 6.79. The van der Waals surface area contributed by atoms with Gasteiger partial charge in [0.2, 0.25) is 0 Å². The molecule has 37 heavy (non-hydrogen) atoms. The maximum Gasteiger partial charge on any atom is 0.320 e. The Labute approximate surface area is 215 Å². The summed E-state index contributed by atoms with van der Waals surface area (Å²) in [4.78, 5) is 35.4. The third-order valence-electron chi connectivity index (χ3n) is 8.82. The van der Waals surface area contributed by atoms with Crippen LogP contribution in [0.5, 0.6) is 0 Å². The Hall–Kier alpha value is -3.24. The molecule has 3 fully saturated rings. The number of likely N-dealkylation sites (tertiary alicyclic amines) is 1. The summed E-state index contributed by atoms with van der Waals surface area (Å²) >= 11 is 0. The van der Waals surface area contributed by atoms with Gasteiger partial charge < -0.3 is 20.2 Å². The number of aromatic nitrogens is 4. The molecule has 2 saturated heterocycles. The van der Waals surface area contributed by atoms with Crippen molar-refractivity contribution in [1.29, 1.82) is 0 Å². The van der Waals surface area contributed by atoms with E-state index in [9.17, 15) is 14.7 Å². The molecule has 0 radical (unpaired) electrons. The highest BCUT2D eigenvalue weighted by Gasteiger charge is 2.56. The van der Waals surface area contributed by atoms with Crippen LogP contribution in [0.4, 0.5) is 4.79 Å². The Morgan fingerprint density at radius 2 is 1.95 bits per heavy atom. The smallest absolute Gasteiger partial charge is 0.320 e. The molecule has 4 heterocycles. The van der Waals surface area contributed by atoms with Crippen LogP contribution in [0.1, 0.15) is 43.7 Å². The lowest BCUT2D eigenvalue weighted by Gasteiger charge is -2.53. The molecule has 1 saturated carbocycles. The van der Waals surface area contributed by atoms with Crippen molar-refractivity contribution in [2.45, 2.75) is 50.3 Å². The molecular weight excluding hydrogens is 470 g/mol. The fraction of sp³-hybridized carbons (Fsp3) is 0.556. The number of fused-ring (bicyclic) bond motifs is 1. The number of piperazine rings is 1. The summed E-state index contributed by atoms with van der Waals surface area (Å²) in [7, 11) is 1.76. The molecule has 10 heteroatoms. The lowest BCUT2D eigenvalue weighted by molar-refractivity contribution is -0.136. The van der Waals surface area contributed by atoms with Gasteiger partial charge in [0.1, 0.15) is 5.52 Å². The SMILES string of the molecule is Cn1cc2ncn(CC3(O)CCN(C(=O)N4CCNC[C@H]4c4ccccc4)CC34CCCC4)c(=O)c2n1. The second kappa shape index (κ2) is 9.25. The first-order valence-corrected chi connectivity index (χ1v) is 13.3. The molecule has 1 spiro atoms. The highest BCUT2D eigenvalue weighted by atomic mass is 16.3. The normalized spacial score (nSPS) is 25.7. The number of piperidine rings is 1. The third kappa shape index (κ3) is 4.12. The lowest BCUT2D eigenvalue weighted by Crippen LogP contribution is -2.64. The number of hydrogen-bond donors (Lipinski definition) is 2. The molecule has 3 aliphatic rings. The second-order valence-corrected chi connectivity index (χ2v) is 11.0. The molecule has 3 aromatic rings. The molecular formula is C27H35N7O3. The van der Waals surface area contributed by atoms with Crippen molar-refractivity contribution < 1.29 is 9.90 Å². The Morgan fingerprint density at radius 3 is 2.73 bits per heavy atom. The number of carbonyl (C=O) groups is 1. The van der Waals surface area contributed by atoms with Gasteiger partial charge in [-0.25, -0.2) is 9.78 Å². The molecule has 6 rings (SSSR count). The Bertz CT molecular complexity index is 1350. The number of aryl methyl sites for hydroxylation is 1. The van der Waals surface area contributed by atoms with E-state index >= 15 is 0 Å². The zero-order valence-corrected chi connectivity index (χ0v) is 21.3. The van der Waals surface area contributed by atoms with Gasteiger partial charge in [0.05, 0.1) is 30.7 Å². The van der Waals surface area contributed by atoms with Crippen LogP contribution in [0.15, 0.2) is 47.7 Å². The summed E-state index contributed by atoms with van der Waals surface area (Å²) in [6.07, 6.45) is 7.37. The highest BCUT2D eigenvalue weighted by Crippen LogP contribution is 2.51. The molecule has 2 atom stereocenters. The van der Waals surface area contributed by atoms with E-state index in [4.69, 9.17) is 0 Å². The van der Waals surface area contributed by atoms with Gasteiger partial charge in [0.25, 0.3) is 5.56 Å². The average Bonchev–Trinajstić information content (AvgIpc) is 3.55. The van der Waals surface area contributed by atoms with E-state index in [2.05, 4.69) is 27.5 Å². The molecule has 2 N–H and O–H groups in total. The number of rotatable bonds is 3. The van der Waals surface area contributed by atoms with Crippen LogP contribution in [0.3, 0.4) is 0 Å². The minimum atomic E-state index is -1.10. The van der Waals surface area contributed by atoms with Gasteiger partial charge in [-0.15, -0.1) is 0 Å². The van der Waals surface area contributed by atoms with E-state index in [1.165, 1.54) is 10.9 Å². The van der Waals surface area contributed by atoms with Crippen molar-refractivity contribution in [3.63, 3.8) is 0 Å². The van der Waals surface area contributed by atoms with Gasteiger partial charge in [0.15, 0.2) is 5.52 Å². The molecule has 196 valence electrons. The highest BCUT2D eigenvalue weighted by molar-refractivity contribution is 5.75. The number of hydrogen-bond acceptors (Lipinski definition) is 6. The average molecular weight is 506 g/mol. The van der Waals surface area contributed by atoms with Crippen molar-refractivity contribution in [2.75, 3.05) is 32.7 Å². The molecule has 0 bridgehead atoms. The summed E-state index contributed by atoms with van der Waals surface area (Å²) in [6.45, 7) is 3.26. The summed E-state index contributed by atoms with van der Waals surface area (Å²) in [5.74, 6) is 0. The van der Waals surface area contributed by atoms with Gasteiger partial charge in [-0.2, -0.15) is 5.10 Å². The van der Waals surface area contributed by atoms with Crippen molar-refractivity contribution in [2.24, 2.45) is 12.5 Å². The number of urea groups is 1. The summed E-state index contributed by atoms with van der Waals surface area (Å²) in [6, 6.07) is 10.2. The number of amides is 2. The van der Waals surface area contributed by atoms with Crippen LogP contribution in [-0.4, -0.2) is 78.6 Å². The molecule has 1 aliphatic carbocycles. The maximum absolute atomic E-state index is 13.9. The monoisotopic (exact) mass is 505 g/mol. The van der Waals surface area contributed by atoms with E-state index in [0.29, 0.717) is 37.1 Å². The minimum absolute atomic E-state index is 0.0162. The van der Waals surface area contributed by atoms with E-state index in [-0.39, 0.29) is 24.2 Å². The van der Waals surface area contributed by atoms with Crippen molar-refractivity contribution in [3.05, 3.63) is 58.8 Å². The largest absolute Gasteiger partial charge is 0.387 e. The number of carbonyl (C=O) groups excluding carboxylic acids is 1. The first kappa shape index (κ1) is 24.1. The molecule has 2 amide bonds. The van der Waals surface area contributed by atoms with E-state index in [1.807, 2.05) is 28.0 Å².